The van der Waals surface area contributed by atoms with E-state index >= 15 is 0 Å². The summed E-state index contributed by atoms with van der Waals surface area (Å²) in [5, 5.41) is 11.0. The molecule has 0 saturated carbocycles. The summed E-state index contributed by atoms with van der Waals surface area (Å²) in [5.74, 6) is -0.274. The molecule has 122 valence electrons. The van der Waals surface area contributed by atoms with Gasteiger partial charge in [-0.25, -0.2) is 0 Å². The van der Waals surface area contributed by atoms with Crippen LogP contribution in [0.4, 0.5) is 5.69 Å². The summed E-state index contributed by atoms with van der Waals surface area (Å²) in [6.45, 7) is 2.68. The fourth-order valence-corrected chi connectivity index (χ4v) is 2.28. The number of hydrogen-bond donors (Lipinski definition) is 0. The first-order valence-corrected chi connectivity index (χ1v) is 7.08. The molecule has 0 N–H and O–H groups in total. The highest BCUT2D eigenvalue weighted by atomic mass is 16.6. The van der Waals surface area contributed by atoms with Crippen molar-refractivity contribution < 1.29 is 18.9 Å². The predicted octanol–water partition coefficient (Wildman–Crippen LogP) is 2.79. The van der Waals surface area contributed by atoms with Crippen LogP contribution in [0.1, 0.15) is 21.5 Å². The summed E-state index contributed by atoms with van der Waals surface area (Å²) in [5.41, 5.74) is 1.46. The molecule has 1 heterocycles. The zero-order valence-corrected chi connectivity index (χ0v) is 13.0. The SMILES string of the molecule is COCCN(Cc1ccoc1)C(=O)c1cccc([N+](=O)[O-])c1C. The van der Waals surface area contributed by atoms with Gasteiger partial charge in [0.15, 0.2) is 0 Å². The van der Waals surface area contributed by atoms with Crippen molar-refractivity contribution in [3.05, 3.63) is 63.6 Å². The Bertz CT molecular complexity index is 682. The van der Waals surface area contributed by atoms with Gasteiger partial charge in [-0.1, -0.05) is 6.07 Å². The summed E-state index contributed by atoms with van der Waals surface area (Å²) in [7, 11) is 1.55. The van der Waals surface area contributed by atoms with Crippen molar-refractivity contribution in [1.82, 2.24) is 4.90 Å². The second-order valence-corrected chi connectivity index (χ2v) is 5.06. The Kier molecular flexibility index (Phi) is 5.48. The number of nitro benzene ring substituents is 1. The van der Waals surface area contributed by atoms with Gasteiger partial charge < -0.3 is 14.1 Å². The van der Waals surface area contributed by atoms with Gasteiger partial charge in [-0.2, -0.15) is 0 Å². The normalized spacial score (nSPS) is 10.5. The van der Waals surface area contributed by atoms with Crippen molar-refractivity contribution in [2.75, 3.05) is 20.3 Å². The lowest BCUT2D eigenvalue weighted by Gasteiger charge is -2.22. The van der Waals surface area contributed by atoms with Crippen LogP contribution in [0.5, 0.6) is 0 Å². The number of rotatable bonds is 7. The molecule has 0 bridgehead atoms. The Morgan fingerprint density at radius 3 is 2.78 bits per heavy atom. The molecule has 1 aromatic carbocycles. The molecule has 0 atom stereocenters. The van der Waals surface area contributed by atoms with Crippen LogP contribution < -0.4 is 0 Å². The van der Waals surface area contributed by atoms with Gasteiger partial charge in [0.05, 0.1) is 24.1 Å². The van der Waals surface area contributed by atoms with E-state index in [1.54, 1.807) is 37.3 Å². The molecule has 0 fully saturated rings. The van der Waals surface area contributed by atoms with Crippen molar-refractivity contribution >= 4 is 11.6 Å². The van der Waals surface area contributed by atoms with E-state index in [4.69, 9.17) is 9.15 Å². The molecule has 2 rings (SSSR count). The highest BCUT2D eigenvalue weighted by molar-refractivity contribution is 5.96. The average molecular weight is 318 g/mol. The predicted molar refractivity (Wildman–Crippen MR) is 83.2 cm³/mol. The molecule has 2 aromatic rings. The topological polar surface area (TPSA) is 85.8 Å². The van der Waals surface area contributed by atoms with Crippen LogP contribution in [0.25, 0.3) is 0 Å². The number of hydrogen-bond acceptors (Lipinski definition) is 5. The molecule has 1 aromatic heterocycles. The quantitative estimate of drug-likeness (QED) is 0.579. The number of nitro groups is 1. The first kappa shape index (κ1) is 16.7. The number of furan rings is 1. The lowest BCUT2D eigenvalue weighted by atomic mass is 10.1. The molecule has 0 aliphatic rings. The Balaban J connectivity index is 2.29. The molecule has 1 amide bonds. The number of amides is 1. The third kappa shape index (κ3) is 3.95. The van der Waals surface area contributed by atoms with Gasteiger partial charge in [-0.3, -0.25) is 14.9 Å². The maximum atomic E-state index is 12.8. The number of ether oxygens (including phenoxy) is 1. The highest BCUT2D eigenvalue weighted by Crippen LogP contribution is 2.23. The second-order valence-electron chi connectivity index (χ2n) is 5.06. The van der Waals surface area contributed by atoms with Gasteiger partial charge in [-0.15, -0.1) is 0 Å². The molecular weight excluding hydrogens is 300 g/mol. The lowest BCUT2D eigenvalue weighted by Crippen LogP contribution is -2.33. The highest BCUT2D eigenvalue weighted by Gasteiger charge is 2.22. The van der Waals surface area contributed by atoms with Crippen LogP contribution in [0.15, 0.2) is 41.2 Å². The second kappa shape index (κ2) is 7.55. The van der Waals surface area contributed by atoms with Crippen molar-refractivity contribution in [3.8, 4) is 0 Å². The van der Waals surface area contributed by atoms with E-state index in [2.05, 4.69) is 0 Å². The maximum absolute atomic E-state index is 12.8. The summed E-state index contributed by atoms with van der Waals surface area (Å²) in [4.78, 5) is 24.9. The molecule has 0 saturated heterocycles. The first-order valence-electron chi connectivity index (χ1n) is 7.08. The fourth-order valence-electron chi connectivity index (χ4n) is 2.28. The Labute approximate surface area is 133 Å². The zero-order chi connectivity index (χ0) is 16.8. The number of nitrogens with zero attached hydrogens (tertiary/aromatic N) is 2. The zero-order valence-electron chi connectivity index (χ0n) is 13.0. The third-order valence-electron chi connectivity index (χ3n) is 3.54. The number of carbonyl (C=O) groups is 1. The van der Waals surface area contributed by atoms with Gasteiger partial charge in [-0.05, 0) is 19.1 Å². The average Bonchev–Trinajstić information content (AvgIpc) is 3.03. The summed E-state index contributed by atoms with van der Waals surface area (Å²) < 4.78 is 10.1. The Morgan fingerprint density at radius 2 is 2.17 bits per heavy atom. The minimum Gasteiger partial charge on any atom is -0.472 e. The van der Waals surface area contributed by atoms with Gasteiger partial charge in [0.2, 0.25) is 0 Å². The maximum Gasteiger partial charge on any atom is 0.273 e. The first-order chi connectivity index (χ1) is 11.0. The Morgan fingerprint density at radius 1 is 1.39 bits per heavy atom. The largest absolute Gasteiger partial charge is 0.472 e. The number of carbonyl (C=O) groups excluding carboxylic acids is 1. The van der Waals surface area contributed by atoms with E-state index in [-0.39, 0.29) is 11.6 Å². The minimum absolute atomic E-state index is 0.0640. The van der Waals surface area contributed by atoms with Crippen LogP contribution in [0.3, 0.4) is 0 Å². The van der Waals surface area contributed by atoms with Crippen molar-refractivity contribution in [1.29, 1.82) is 0 Å². The van der Waals surface area contributed by atoms with Crippen molar-refractivity contribution in [2.24, 2.45) is 0 Å². The third-order valence-corrected chi connectivity index (χ3v) is 3.54. The van der Waals surface area contributed by atoms with Crippen LogP contribution >= 0.6 is 0 Å². The molecule has 0 unspecified atom stereocenters. The lowest BCUT2D eigenvalue weighted by molar-refractivity contribution is -0.385. The van der Waals surface area contributed by atoms with E-state index in [0.29, 0.717) is 30.8 Å². The van der Waals surface area contributed by atoms with Gasteiger partial charge >= 0.3 is 0 Å². The van der Waals surface area contributed by atoms with E-state index < -0.39 is 4.92 Å². The summed E-state index contributed by atoms with van der Waals surface area (Å²) >= 11 is 0. The molecular formula is C16H18N2O5. The molecule has 0 aliphatic carbocycles. The van der Waals surface area contributed by atoms with E-state index in [1.807, 2.05) is 0 Å². The molecule has 0 aliphatic heterocycles. The number of methoxy groups -OCH3 is 1. The molecule has 23 heavy (non-hydrogen) atoms. The van der Waals surface area contributed by atoms with Gasteiger partial charge in [0.1, 0.15) is 0 Å². The number of benzene rings is 1. The molecule has 7 heteroatoms. The van der Waals surface area contributed by atoms with Crippen LogP contribution in [-0.2, 0) is 11.3 Å². The van der Waals surface area contributed by atoms with Crippen LogP contribution in [0.2, 0.25) is 0 Å². The minimum atomic E-state index is -0.484. The molecule has 0 spiro atoms. The monoisotopic (exact) mass is 318 g/mol. The standard InChI is InChI=1S/C16H18N2O5/c1-12-14(4-3-5-15(12)18(20)21)16(19)17(7-9-22-2)10-13-6-8-23-11-13/h3-6,8,11H,7,9-10H2,1-2H3. The van der Waals surface area contributed by atoms with Crippen molar-refractivity contribution in [3.63, 3.8) is 0 Å². The molecule has 7 nitrogen and oxygen atoms in total. The van der Waals surface area contributed by atoms with Gasteiger partial charge in [0.25, 0.3) is 11.6 Å². The van der Waals surface area contributed by atoms with Crippen LogP contribution in [0, 0.1) is 17.0 Å². The fraction of sp³-hybridized carbons (Fsp3) is 0.312. The smallest absolute Gasteiger partial charge is 0.273 e. The van der Waals surface area contributed by atoms with E-state index in [1.165, 1.54) is 18.4 Å². The van der Waals surface area contributed by atoms with Crippen molar-refractivity contribution in [2.45, 2.75) is 13.5 Å². The van der Waals surface area contributed by atoms with E-state index in [9.17, 15) is 14.9 Å². The molecule has 0 radical (unpaired) electrons. The van der Waals surface area contributed by atoms with Gasteiger partial charge in [0, 0.05) is 43.0 Å². The summed E-state index contributed by atoms with van der Waals surface area (Å²) in [6, 6.07) is 6.28. The van der Waals surface area contributed by atoms with Crippen LogP contribution in [-0.4, -0.2) is 36.0 Å². The van der Waals surface area contributed by atoms with E-state index in [0.717, 1.165) is 5.56 Å². The Hall–Kier alpha value is -2.67. The summed E-state index contributed by atoms with van der Waals surface area (Å²) in [6.07, 6.45) is 3.10.